The normalized spacial score (nSPS) is 20.5. The monoisotopic (exact) mass is 312 g/mol. The summed E-state index contributed by atoms with van der Waals surface area (Å²) in [7, 11) is -1.67. The Balaban J connectivity index is 1.98. The molecule has 1 fully saturated rings. The zero-order valence-corrected chi connectivity index (χ0v) is 14.9. The maximum atomic E-state index is 6.49. The van der Waals surface area contributed by atoms with E-state index >= 15 is 0 Å². The Morgan fingerprint density at radius 3 is 2.60 bits per heavy atom. The Morgan fingerprint density at radius 1 is 1.35 bits per heavy atom. The molecular formula is C15H25ClN2OSi. The molecule has 0 radical (unpaired) electrons. The second-order valence-corrected chi connectivity index (χ2v) is 12.2. The Morgan fingerprint density at radius 2 is 2.05 bits per heavy atom. The van der Waals surface area contributed by atoms with Gasteiger partial charge in [-0.2, -0.15) is 0 Å². The van der Waals surface area contributed by atoms with E-state index < -0.39 is 8.32 Å². The highest BCUT2D eigenvalue weighted by Gasteiger charge is 2.40. The molecule has 1 aliphatic heterocycles. The van der Waals surface area contributed by atoms with Crippen molar-refractivity contribution in [1.29, 1.82) is 0 Å². The van der Waals surface area contributed by atoms with Gasteiger partial charge in [-0.3, -0.25) is 0 Å². The maximum Gasteiger partial charge on any atom is 0.192 e. The second-order valence-electron chi connectivity index (χ2n) is 7.07. The van der Waals surface area contributed by atoms with Gasteiger partial charge in [0.05, 0.1) is 18.0 Å². The first-order chi connectivity index (χ1) is 9.19. The molecule has 2 rings (SSSR count). The third kappa shape index (κ3) is 3.54. The van der Waals surface area contributed by atoms with Gasteiger partial charge < -0.3 is 9.33 Å². The number of hydrogen-bond donors (Lipinski definition) is 0. The van der Waals surface area contributed by atoms with Crippen LogP contribution in [0.4, 0.5) is 5.69 Å². The molecule has 3 nitrogen and oxygen atoms in total. The van der Waals surface area contributed by atoms with Crippen LogP contribution in [0, 0.1) is 0 Å². The Labute approximate surface area is 128 Å². The van der Waals surface area contributed by atoms with Crippen molar-refractivity contribution >= 4 is 25.6 Å². The van der Waals surface area contributed by atoms with Gasteiger partial charge in [0.2, 0.25) is 0 Å². The molecule has 0 spiro atoms. The fourth-order valence-electron chi connectivity index (χ4n) is 2.21. The number of hydrogen-bond acceptors (Lipinski definition) is 3. The van der Waals surface area contributed by atoms with Crippen molar-refractivity contribution in [2.24, 2.45) is 0 Å². The lowest BCUT2D eigenvalue weighted by atomic mass is 10.2. The van der Waals surface area contributed by atoms with Crippen LogP contribution in [0.3, 0.4) is 0 Å². The maximum absolute atomic E-state index is 6.49. The van der Waals surface area contributed by atoms with E-state index in [1.165, 1.54) is 0 Å². The lowest BCUT2D eigenvalue weighted by Crippen LogP contribution is -2.44. The van der Waals surface area contributed by atoms with Gasteiger partial charge in [0.1, 0.15) is 5.15 Å². The molecule has 1 saturated heterocycles. The second kappa shape index (κ2) is 5.66. The molecule has 0 aromatic carbocycles. The first kappa shape index (κ1) is 15.8. The van der Waals surface area contributed by atoms with Crippen molar-refractivity contribution in [3.8, 4) is 0 Å². The summed E-state index contributed by atoms with van der Waals surface area (Å²) >= 11 is 5.84. The van der Waals surface area contributed by atoms with E-state index in [-0.39, 0.29) is 5.04 Å². The van der Waals surface area contributed by atoms with Crippen molar-refractivity contribution in [3.63, 3.8) is 0 Å². The molecular weight excluding hydrogens is 288 g/mol. The van der Waals surface area contributed by atoms with Gasteiger partial charge in [-0.1, -0.05) is 32.4 Å². The van der Waals surface area contributed by atoms with Crippen LogP contribution in [-0.4, -0.2) is 32.5 Å². The zero-order chi connectivity index (χ0) is 15.0. The quantitative estimate of drug-likeness (QED) is 0.613. The largest absolute Gasteiger partial charge is 0.412 e. The van der Waals surface area contributed by atoms with Crippen molar-refractivity contribution in [1.82, 2.24) is 4.98 Å². The highest BCUT2D eigenvalue weighted by atomic mass is 35.5. The van der Waals surface area contributed by atoms with Crippen LogP contribution in [0.1, 0.15) is 27.2 Å². The van der Waals surface area contributed by atoms with Crippen molar-refractivity contribution < 1.29 is 4.43 Å². The van der Waals surface area contributed by atoms with Gasteiger partial charge in [0, 0.05) is 13.1 Å². The summed E-state index contributed by atoms with van der Waals surface area (Å²) in [5.74, 6) is 0. The first-order valence-corrected chi connectivity index (χ1v) is 10.5. The van der Waals surface area contributed by atoms with E-state index in [4.69, 9.17) is 16.0 Å². The Hall–Kier alpha value is -0.583. The number of nitrogens with zero attached hydrogens (tertiary/aromatic N) is 2. The smallest absolute Gasteiger partial charge is 0.192 e. The minimum absolute atomic E-state index is 0.266. The molecule has 0 unspecified atom stereocenters. The molecule has 0 N–H and O–H groups in total. The summed E-state index contributed by atoms with van der Waals surface area (Å²) in [6.45, 7) is 13.5. The summed E-state index contributed by atoms with van der Waals surface area (Å²) in [6.07, 6.45) is 3.28. The molecule has 20 heavy (non-hydrogen) atoms. The van der Waals surface area contributed by atoms with Crippen molar-refractivity contribution in [2.75, 3.05) is 18.0 Å². The van der Waals surface area contributed by atoms with E-state index in [2.05, 4.69) is 43.7 Å². The molecule has 0 amide bonds. The molecule has 0 saturated carbocycles. The highest BCUT2D eigenvalue weighted by Crippen LogP contribution is 2.38. The van der Waals surface area contributed by atoms with Crippen LogP contribution in [-0.2, 0) is 4.43 Å². The van der Waals surface area contributed by atoms with Gasteiger partial charge in [-0.25, -0.2) is 4.98 Å². The summed E-state index contributed by atoms with van der Waals surface area (Å²) in [6, 6.07) is 3.88. The van der Waals surface area contributed by atoms with E-state index in [9.17, 15) is 0 Å². The van der Waals surface area contributed by atoms with Gasteiger partial charge >= 0.3 is 0 Å². The number of aromatic nitrogens is 1. The minimum atomic E-state index is -1.67. The average Bonchev–Trinajstić information content (AvgIpc) is 2.76. The lowest BCUT2D eigenvalue weighted by Gasteiger charge is -2.38. The van der Waals surface area contributed by atoms with Gasteiger partial charge in [-0.05, 0) is 36.7 Å². The van der Waals surface area contributed by atoms with Crippen molar-refractivity contribution in [3.05, 3.63) is 23.5 Å². The third-order valence-electron chi connectivity index (χ3n) is 4.49. The molecule has 0 aliphatic carbocycles. The van der Waals surface area contributed by atoms with Gasteiger partial charge in [0.25, 0.3) is 0 Å². The van der Waals surface area contributed by atoms with E-state index in [0.717, 1.165) is 25.2 Å². The van der Waals surface area contributed by atoms with Crippen molar-refractivity contribution in [2.45, 2.75) is 51.4 Å². The molecule has 1 aromatic heterocycles. The summed E-state index contributed by atoms with van der Waals surface area (Å²) in [5, 5.41) is 0.810. The summed E-state index contributed by atoms with van der Waals surface area (Å²) in [5.41, 5.74) is 1.13. The molecule has 112 valence electrons. The first-order valence-electron chi connectivity index (χ1n) is 7.23. The fraction of sp³-hybridized carbons (Fsp3) is 0.667. The lowest BCUT2D eigenvalue weighted by molar-refractivity contribution is 0.202. The standard InChI is InChI=1S/C15H25ClN2OSi/c1-15(2,3)20(4,5)19-13-8-9-18(11-13)12-6-7-14(16)17-10-12/h6-7,10,13H,8-9,11H2,1-5H3/t13-/m0/s1. The van der Waals surface area contributed by atoms with E-state index in [0.29, 0.717) is 11.3 Å². The molecule has 5 heteroatoms. The number of anilines is 1. The average molecular weight is 313 g/mol. The van der Waals surface area contributed by atoms with Crippen LogP contribution in [0.2, 0.25) is 23.3 Å². The summed E-state index contributed by atoms with van der Waals surface area (Å²) < 4.78 is 6.49. The molecule has 1 atom stereocenters. The predicted molar refractivity (Wildman–Crippen MR) is 88.1 cm³/mol. The predicted octanol–water partition coefficient (Wildman–Crippen LogP) is 4.34. The molecule has 0 bridgehead atoms. The van der Waals surface area contributed by atoms with Gasteiger partial charge in [-0.15, -0.1) is 0 Å². The van der Waals surface area contributed by atoms with Crippen LogP contribution < -0.4 is 4.90 Å². The van der Waals surface area contributed by atoms with Gasteiger partial charge in [0.15, 0.2) is 8.32 Å². The van der Waals surface area contributed by atoms with E-state index in [1.807, 2.05) is 18.3 Å². The summed E-state index contributed by atoms with van der Waals surface area (Å²) in [4.78, 5) is 6.49. The fourth-order valence-corrected chi connectivity index (χ4v) is 3.70. The highest BCUT2D eigenvalue weighted by molar-refractivity contribution is 6.74. The number of halogens is 1. The number of pyridine rings is 1. The third-order valence-corrected chi connectivity index (χ3v) is 9.25. The van der Waals surface area contributed by atoms with Crippen LogP contribution in [0.15, 0.2) is 18.3 Å². The molecule has 1 aliphatic rings. The molecule has 2 heterocycles. The van der Waals surface area contributed by atoms with Crippen LogP contribution in [0.25, 0.3) is 0 Å². The topological polar surface area (TPSA) is 25.4 Å². The Kier molecular flexibility index (Phi) is 4.47. The van der Waals surface area contributed by atoms with Crippen LogP contribution >= 0.6 is 11.6 Å². The van der Waals surface area contributed by atoms with E-state index in [1.54, 1.807) is 0 Å². The Bertz CT molecular complexity index is 456. The zero-order valence-electron chi connectivity index (χ0n) is 13.1. The van der Waals surface area contributed by atoms with Crippen LogP contribution in [0.5, 0.6) is 0 Å². The molecule has 1 aromatic rings. The minimum Gasteiger partial charge on any atom is -0.412 e. The SMILES string of the molecule is CC(C)(C)[Si](C)(C)O[C@H]1CCN(c2ccc(Cl)nc2)C1. The number of rotatable bonds is 3.